The van der Waals surface area contributed by atoms with Gasteiger partial charge in [0.1, 0.15) is 0 Å². The second-order valence-electron chi connectivity index (χ2n) is 6.76. The van der Waals surface area contributed by atoms with Crippen LogP contribution in [0.3, 0.4) is 0 Å². The molecule has 1 unspecified atom stereocenters. The Morgan fingerprint density at radius 1 is 1.07 bits per heavy atom. The Bertz CT molecular complexity index is 1080. The molecule has 0 N–H and O–H groups in total. The van der Waals surface area contributed by atoms with Crippen molar-refractivity contribution in [2.75, 3.05) is 4.90 Å². The molecule has 1 aromatic heterocycles. The summed E-state index contributed by atoms with van der Waals surface area (Å²) in [4.78, 5) is 20.0. The van der Waals surface area contributed by atoms with Crippen LogP contribution in [-0.2, 0) is 5.88 Å². The van der Waals surface area contributed by atoms with Gasteiger partial charge in [0, 0.05) is 38.4 Å². The Balaban J connectivity index is 2.00. The number of anilines is 1. The lowest BCUT2D eigenvalue weighted by Gasteiger charge is -2.21. The van der Waals surface area contributed by atoms with Crippen molar-refractivity contribution in [3.05, 3.63) is 81.1 Å². The monoisotopic (exact) mass is 430 g/mol. The third-order valence-electron chi connectivity index (χ3n) is 5.12. The minimum atomic E-state index is -0.196. The standard InChI is InChI=1S/C22H17Cl3N2O/c1-12-17(11-23)19(16-9-8-14(24)10-18(16)25)20-21(26-12)13(2)27(22(20)28)15-6-4-3-5-7-15/h3-10,13H,11H2,1-2H3. The van der Waals surface area contributed by atoms with Crippen LogP contribution < -0.4 is 4.90 Å². The van der Waals surface area contributed by atoms with Crippen LogP contribution >= 0.6 is 34.8 Å². The molecule has 0 bridgehead atoms. The zero-order valence-electron chi connectivity index (χ0n) is 15.3. The number of fused-ring (bicyclic) bond motifs is 1. The van der Waals surface area contributed by atoms with Gasteiger partial charge in [0.2, 0.25) is 0 Å². The van der Waals surface area contributed by atoms with Gasteiger partial charge in [-0.05, 0) is 43.7 Å². The highest BCUT2D eigenvalue weighted by molar-refractivity contribution is 6.37. The van der Waals surface area contributed by atoms with Crippen LogP contribution in [0.15, 0.2) is 48.5 Å². The van der Waals surface area contributed by atoms with E-state index in [1.807, 2.05) is 50.2 Å². The van der Waals surface area contributed by atoms with Crippen LogP contribution in [0, 0.1) is 6.92 Å². The summed E-state index contributed by atoms with van der Waals surface area (Å²) in [7, 11) is 0. The van der Waals surface area contributed by atoms with Crippen molar-refractivity contribution in [3.8, 4) is 11.1 Å². The number of benzene rings is 2. The molecule has 0 spiro atoms. The van der Waals surface area contributed by atoms with Crippen LogP contribution in [0.4, 0.5) is 5.69 Å². The molecule has 0 radical (unpaired) electrons. The van der Waals surface area contributed by atoms with E-state index in [1.165, 1.54) is 0 Å². The van der Waals surface area contributed by atoms with E-state index >= 15 is 0 Å². The highest BCUT2D eigenvalue weighted by Gasteiger charge is 2.40. The van der Waals surface area contributed by atoms with E-state index in [4.69, 9.17) is 39.8 Å². The number of amides is 1. The number of halogens is 3. The Hall–Kier alpha value is -2.07. The Kier molecular flexibility index (Phi) is 5.09. The summed E-state index contributed by atoms with van der Waals surface area (Å²) < 4.78 is 0. The first-order valence-corrected chi connectivity index (χ1v) is 10.2. The molecular formula is C22H17Cl3N2O. The van der Waals surface area contributed by atoms with Gasteiger partial charge in [-0.2, -0.15) is 0 Å². The van der Waals surface area contributed by atoms with Crippen LogP contribution in [-0.4, -0.2) is 10.9 Å². The molecule has 3 aromatic rings. The lowest BCUT2D eigenvalue weighted by molar-refractivity contribution is 0.0993. The topological polar surface area (TPSA) is 33.2 Å². The van der Waals surface area contributed by atoms with E-state index in [-0.39, 0.29) is 17.8 Å². The van der Waals surface area contributed by atoms with Gasteiger partial charge in [0.25, 0.3) is 5.91 Å². The van der Waals surface area contributed by atoms with Crippen molar-refractivity contribution in [1.82, 2.24) is 4.98 Å². The molecule has 2 heterocycles. The molecule has 4 rings (SSSR count). The fourth-order valence-electron chi connectivity index (χ4n) is 3.78. The summed E-state index contributed by atoms with van der Waals surface area (Å²) in [5.41, 5.74) is 5.21. The summed E-state index contributed by atoms with van der Waals surface area (Å²) in [6.07, 6.45) is 0. The fourth-order valence-corrected chi connectivity index (χ4v) is 4.61. The molecule has 0 aliphatic carbocycles. The SMILES string of the molecule is Cc1nc2c(c(-c3ccc(Cl)cc3Cl)c1CCl)C(=O)N(c1ccccc1)C2C. The van der Waals surface area contributed by atoms with Gasteiger partial charge < -0.3 is 0 Å². The number of pyridine rings is 1. The number of nitrogens with zero attached hydrogens (tertiary/aromatic N) is 2. The molecule has 1 aliphatic heterocycles. The van der Waals surface area contributed by atoms with Gasteiger partial charge in [0.15, 0.2) is 0 Å². The molecular weight excluding hydrogens is 415 g/mol. The van der Waals surface area contributed by atoms with Crippen molar-refractivity contribution in [2.45, 2.75) is 25.8 Å². The smallest absolute Gasteiger partial charge is 0.261 e. The maximum absolute atomic E-state index is 13.5. The van der Waals surface area contributed by atoms with Gasteiger partial charge in [-0.25, -0.2) is 0 Å². The molecule has 142 valence electrons. The second kappa shape index (κ2) is 7.40. The Labute approximate surface area is 178 Å². The predicted molar refractivity (Wildman–Crippen MR) is 116 cm³/mol. The Morgan fingerprint density at radius 2 is 1.79 bits per heavy atom. The van der Waals surface area contributed by atoms with E-state index in [9.17, 15) is 4.79 Å². The third kappa shape index (κ3) is 2.98. The molecule has 28 heavy (non-hydrogen) atoms. The van der Waals surface area contributed by atoms with Crippen molar-refractivity contribution in [3.63, 3.8) is 0 Å². The molecule has 0 fully saturated rings. The zero-order chi connectivity index (χ0) is 20.0. The minimum absolute atomic E-state index is 0.103. The lowest BCUT2D eigenvalue weighted by atomic mass is 9.93. The van der Waals surface area contributed by atoms with E-state index < -0.39 is 0 Å². The molecule has 0 saturated heterocycles. The van der Waals surface area contributed by atoms with Gasteiger partial charge in [-0.3, -0.25) is 14.7 Å². The number of alkyl halides is 1. The predicted octanol–water partition coefficient (Wildman–Crippen LogP) is 6.82. The molecule has 0 saturated carbocycles. The highest BCUT2D eigenvalue weighted by atomic mass is 35.5. The number of para-hydroxylation sites is 1. The largest absolute Gasteiger partial charge is 0.299 e. The molecule has 1 amide bonds. The number of aryl methyl sites for hydroxylation is 1. The first-order valence-electron chi connectivity index (χ1n) is 8.87. The van der Waals surface area contributed by atoms with Crippen LogP contribution in [0.5, 0.6) is 0 Å². The van der Waals surface area contributed by atoms with Gasteiger partial charge in [0.05, 0.1) is 17.3 Å². The first kappa shape index (κ1) is 19.3. The average Bonchev–Trinajstić information content (AvgIpc) is 2.92. The number of rotatable bonds is 3. The van der Waals surface area contributed by atoms with Gasteiger partial charge in [-0.15, -0.1) is 11.6 Å². The van der Waals surface area contributed by atoms with Crippen LogP contribution in [0.25, 0.3) is 11.1 Å². The van der Waals surface area contributed by atoms with E-state index in [0.29, 0.717) is 15.6 Å². The number of hydrogen-bond acceptors (Lipinski definition) is 2. The summed E-state index contributed by atoms with van der Waals surface area (Å²) in [6.45, 7) is 3.89. The minimum Gasteiger partial charge on any atom is -0.299 e. The van der Waals surface area contributed by atoms with E-state index in [0.717, 1.165) is 33.8 Å². The van der Waals surface area contributed by atoms with Crippen molar-refractivity contribution in [2.24, 2.45) is 0 Å². The van der Waals surface area contributed by atoms with Crippen molar-refractivity contribution >= 4 is 46.4 Å². The normalized spacial score (nSPS) is 15.8. The second-order valence-corrected chi connectivity index (χ2v) is 7.87. The zero-order valence-corrected chi connectivity index (χ0v) is 17.6. The van der Waals surface area contributed by atoms with Gasteiger partial charge in [-0.1, -0.05) is 47.5 Å². The molecule has 1 atom stereocenters. The maximum atomic E-state index is 13.5. The Morgan fingerprint density at radius 3 is 2.43 bits per heavy atom. The van der Waals surface area contributed by atoms with Gasteiger partial charge >= 0.3 is 0 Å². The molecule has 6 heteroatoms. The lowest BCUT2D eigenvalue weighted by Crippen LogP contribution is -2.26. The number of hydrogen-bond donors (Lipinski definition) is 0. The summed E-state index contributed by atoms with van der Waals surface area (Å²) in [5, 5.41) is 1.01. The first-order chi connectivity index (χ1) is 13.4. The number of aromatic nitrogens is 1. The van der Waals surface area contributed by atoms with Crippen LogP contribution in [0.2, 0.25) is 10.0 Å². The summed E-state index contributed by atoms with van der Waals surface area (Å²) in [5.74, 6) is 0.126. The number of carbonyl (C=O) groups is 1. The summed E-state index contributed by atoms with van der Waals surface area (Å²) in [6, 6.07) is 14.7. The fraction of sp³-hybridized carbons (Fsp3) is 0.182. The molecule has 3 nitrogen and oxygen atoms in total. The quantitative estimate of drug-likeness (QED) is 0.426. The van der Waals surface area contributed by atoms with Crippen LogP contribution in [0.1, 0.15) is 40.3 Å². The number of carbonyl (C=O) groups excluding carboxylic acids is 1. The van der Waals surface area contributed by atoms with E-state index in [2.05, 4.69) is 0 Å². The molecule has 2 aromatic carbocycles. The highest BCUT2D eigenvalue weighted by Crippen LogP contribution is 2.45. The van der Waals surface area contributed by atoms with Crippen molar-refractivity contribution < 1.29 is 4.79 Å². The third-order valence-corrected chi connectivity index (χ3v) is 5.93. The maximum Gasteiger partial charge on any atom is 0.261 e. The van der Waals surface area contributed by atoms with E-state index in [1.54, 1.807) is 17.0 Å². The molecule has 1 aliphatic rings. The average molecular weight is 432 g/mol. The van der Waals surface area contributed by atoms with Crippen molar-refractivity contribution in [1.29, 1.82) is 0 Å². The summed E-state index contributed by atoms with van der Waals surface area (Å²) >= 11 is 18.9.